The summed E-state index contributed by atoms with van der Waals surface area (Å²) in [6.45, 7) is 5.56. The minimum absolute atomic E-state index is 0.00226. The van der Waals surface area contributed by atoms with Crippen LogP contribution in [0.1, 0.15) is 44.4 Å². The number of hydrogen-bond donors (Lipinski definition) is 9. The van der Waals surface area contributed by atoms with E-state index in [0.29, 0.717) is 16.7 Å². The van der Waals surface area contributed by atoms with Gasteiger partial charge >= 0.3 is 5.97 Å². The molecule has 8 amide bonds. The van der Waals surface area contributed by atoms with Crippen molar-refractivity contribution in [2.75, 3.05) is 6.54 Å². The molecule has 3 aromatic carbocycles. The molecule has 330 valence electrons. The first-order valence-corrected chi connectivity index (χ1v) is 19.8. The number of carbonyl (C=O) groups is 9. The lowest BCUT2D eigenvalue weighted by Gasteiger charge is -2.25. The summed E-state index contributed by atoms with van der Waals surface area (Å²) in [6, 6.07) is 19.1. The lowest BCUT2D eigenvalue weighted by atomic mass is 10.0. The molecule has 10 N–H and O–H groups in total. The highest BCUT2D eigenvalue weighted by Gasteiger charge is 2.30. The molecule has 62 heavy (non-hydrogen) atoms. The molecule has 0 aliphatic heterocycles. The number of aliphatic carboxylic acids is 1. The monoisotopic (exact) mass is 854 g/mol. The maximum Gasteiger partial charge on any atom is 0.326 e. The molecule has 3 rings (SSSR count). The highest BCUT2D eigenvalue weighted by Crippen LogP contribution is 2.09. The van der Waals surface area contributed by atoms with Crippen LogP contribution in [0.5, 0.6) is 0 Å². The van der Waals surface area contributed by atoms with Crippen LogP contribution in [0.4, 0.5) is 0 Å². The summed E-state index contributed by atoms with van der Waals surface area (Å²) in [7, 11) is 0. The van der Waals surface area contributed by atoms with Crippen molar-refractivity contribution in [1.82, 2.24) is 37.2 Å². The third-order valence-corrected chi connectivity index (χ3v) is 9.33. The Hall–Kier alpha value is -7.37. The fourth-order valence-corrected chi connectivity index (χ4v) is 5.93. The van der Waals surface area contributed by atoms with Crippen LogP contribution in [0.15, 0.2) is 103 Å². The van der Waals surface area contributed by atoms with Gasteiger partial charge in [0.25, 0.3) is 0 Å². The number of carboxylic acids is 1. The smallest absolute Gasteiger partial charge is 0.326 e. The molecule has 0 saturated carbocycles. The number of nitrogens with two attached hydrogens (primary N) is 1. The van der Waals surface area contributed by atoms with Crippen LogP contribution in [0.25, 0.3) is 0 Å². The Kier molecular flexibility index (Phi) is 19.5. The number of primary amides is 1. The van der Waals surface area contributed by atoms with Crippen LogP contribution in [0, 0.1) is 5.92 Å². The number of hydrogen-bond acceptors (Lipinski definition) is 9. The van der Waals surface area contributed by atoms with E-state index in [4.69, 9.17) is 5.73 Å². The largest absolute Gasteiger partial charge is 0.480 e. The summed E-state index contributed by atoms with van der Waals surface area (Å²) in [5.74, 6) is -7.74. The van der Waals surface area contributed by atoms with Gasteiger partial charge in [0.05, 0.1) is 6.54 Å². The molecule has 3 aromatic rings. The Morgan fingerprint density at radius 3 is 1.39 bits per heavy atom. The van der Waals surface area contributed by atoms with E-state index in [1.807, 2.05) is 0 Å². The molecule has 0 saturated heterocycles. The molecule has 0 aliphatic carbocycles. The predicted octanol–water partition coefficient (Wildman–Crippen LogP) is -0.439. The van der Waals surface area contributed by atoms with E-state index in [1.165, 1.54) is 13.8 Å². The van der Waals surface area contributed by atoms with Gasteiger partial charge in [0.1, 0.15) is 36.3 Å². The average Bonchev–Trinajstić information content (AvgIpc) is 3.23. The van der Waals surface area contributed by atoms with E-state index in [2.05, 4.69) is 37.2 Å². The van der Waals surface area contributed by atoms with Crippen molar-refractivity contribution in [3.63, 3.8) is 0 Å². The normalized spacial score (nSPS) is 13.8. The first-order valence-electron chi connectivity index (χ1n) is 19.8. The maximum absolute atomic E-state index is 13.9. The zero-order valence-electron chi connectivity index (χ0n) is 34.9. The average molecular weight is 855 g/mol. The van der Waals surface area contributed by atoms with Gasteiger partial charge in [-0.15, -0.1) is 0 Å². The molecule has 0 unspecified atom stereocenters. The number of carbonyl (C=O) groups excluding carboxylic acids is 8. The lowest BCUT2D eigenvalue weighted by Crippen LogP contribution is -2.58. The topological polar surface area (TPSA) is 284 Å². The van der Waals surface area contributed by atoms with Crippen molar-refractivity contribution in [3.05, 3.63) is 120 Å². The summed E-state index contributed by atoms with van der Waals surface area (Å²) in [4.78, 5) is 115. The van der Waals surface area contributed by atoms with Crippen molar-refractivity contribution >= 4 is 53.2 Å². The minimum Gasteiger partial charge on any atom is -0.480 e. The van der Waals surface area contributed by atoms with Gasteiger partial charge in [0.2, 0.25) is 47.3 Å². The zero-order valence-corrected chi connectivity index (χ0v) is 34.9. The van der Waals surface area contributed by atoms with Crippen LogP contribution in [-0.2, 0) is 62.4 Å². The summed E-state index contributed by atoms with van der Waals surface area (Å²) in [5, 5.41) is 26.9. The van der Waals surface area contributed by atoms with E-state index in [-0.39, 0.29) is 25.2 Å². The quantitative estimate of drug-likeness (QED) is 0.0555. The standard InChI is InChI=1S/C44H54N8O10/c1-26(2)38(39(45)56)52-41(58)28(4)48-42(59)33(23-30-16-10-6-11-17-30)51-43(60)32(22-29-14-8-5-9-15-29)49-36(54)21-20-35(53)47-27(3)40(57)46-25-37(55)50-34(44(61)62)24-31-18-12-7-13-19-31/h5-21,26-28,32-34,38H,22-25H2,1-4H3,(H2,45,56)(H,46,57)(H,47,53)(H,48,59)(H,49,54)(H,50,55)(H,51,60)(H,52,58)(H,61,62)/b21-20+/t27-,28-,32-,33-,34-,38-/m0/s1. The third kappa shape index (κ3) is 17.1. The van der Waals surface area contributed by atoms with E-state index in [0.717, 1.165) is 12.2 Å². The van der Waals surface area contributed by atoms with Crippen molar-refractivity contribution in [1.29, 1.82) is 0 Å². The predicted molar refractivity (Wildman–Crippen MR) is 227 cm³/mol. The van der Waals surface area contributed by atoms with E-state index >= 15 is 0 Å². The van der Waals surface area contributed by atoms with E-state index < -0.39 is 96.0 Å². The molecule has 0 fully saturated rings. The summed E-state index contributed by atoms with van der Waals surface area (Å²) >= 11 is 0. The van der Waals surface area contributed by atoms with Crippen molar-refractivity contribution < 1.29 is 48.3 Å². The summed E-state index contributed by atoms with van der Waals surface area (Å²) in [5.41, 5.74) is 7.44. The Balaban J connectivity index is 1.65. The van der Waals surface area contributed by atoms with Crippen LogP contribution in [-0.4, -0.2) is 101 Å². The number of carboxylic acid groups (broad SMARTS) is 1. The van der Waals surface area contributed by atoms with Gasteiger partial charge in [0.15, 0.2) is 0 Å². The molecular formula is C44H54N8O10. The Labute approximate surface area is 359 Å². The van der Waals surface area contributed by atoms with Crippen LogP contribution >= 0.6 is 0 Å². The van der Waals surface area contributed by atoms with Crippen molar-refractivity contribution in [2.45, 2.75) is 83.2 Å². The highest BCUT2D eigenvalue weighted by molar-refractivity contribution is 6.01. The van der Waals surface area contributed by atoms with E-state index in [9.17, 15) is 48.3 Å². The maximum atomic E-state index is 13.9. The Morgan fingerprint density at radius 1 is 0.516 bits per heavy atom. The molecule has 0 aliphatic rings. The molecule has 18 nitrogen and oxygen atoms in total. The van der Waals surface area contributed by atoms with Crippen molar-refractivity contribution in [3.8, 4) is 0 Å². The fraction of sp³-hybridized carbons (Fsp3) is 0.341. The summed E-state index contributed by atoms with van der Waals surface area (Å²) in [6.07, 6.45) is 1.69. The van der Waals surface area contributed by atoms with Gasteiger partial charge < -0.3 is 48.1 Å². The molecule has 0 heterocycles. The highest BCUT2D eigenvalue weighted by atomic mass is 16.4. The van der Waals surface area contributed by atoms with Gasteiger partial charge in [-0.3, -0.25) is 38.4 Å². The molecule has 0 aromatic heterocycles. The second-order valence-electron chi connectivity index (χ2n) is 14.8. The minimum atomic E-state index is -1.27. The van der Waals surface area contributed by atoms with Gasteiger partial charge in [0, 0.05) is 31.4 Å². The van der Waals surface area contributed by atoms with Gasteiger partial charge in [-0.25, -0.2) is 4.79 Å². The molecule has 0 spiro atoms. The molecule has 0 bridgehead atoms. The Morgan fingerprint density at radius 2 is 0.935 bits per heavy atom. The second kappa shape index (κ2) is 24.6. The first-order chi connectivity index (χ1) is 29.4. The van der Waals surface area contributed by atoms with Crippen LogP contribution < -0.4 is 43.0 Å². The summed E-state index contributed by atoms with van der Waals surface area (Å²) < 4.78 is 0. The molecule has 0 radical (unpaired) electrons. The number of nitrogens with one attached hydrogen (secondary N) is 7. The van der Waals surface area contributed by atoms with Gasteiger partial charge in [-0.2, -0.15) is 0 Å². The molecule has 18 heteroatoms. The first kappa shape index (κ1) is 49.0. The fourth-order valence-electron chi connectivity index (χ4n) is 5.93. The van der Waals surface area contributed by atoms with Crippen LogP contribution in [0.3, 0.4) is 0 Å². The lowest BCUT2D eigenvalue weighted by molar-refractivity contribution is -0.141. The Bertz CT molecular complexity index is 2060. The molecule has 6 atom stereocenters. The van der Waals surface area contributed by atoms with Crippen molar-refractivity contribution in [2.24, 2.45) is 11.7 Å². The SMILES string of the molecule is CC(C)[C@H](NC(=O)[C@H](C)NC(=O)[C@H](Cc1ccccc1)NC(=O)[C@H](Cc1ccccc1)NC(=O)/C=C/C(=O)N[C@@H](C)C(=O)NCC(=O)N[C@@H](Cc1ccccc1)C(=O)O)C(N)=O. The zero-order chi connectivity index (χ0) is 45.8. The van der Waals surface area contributed by atoms with E-state index in [1.54, 1.807) is 105 Å². The number of benzene rings is 3. The number of amides is 8. The molecular weight excluding hydrogens is 801 g/mol. The van der Waals surface area contributed by atoms with Gasteiger partial charge in [-0.05, 0) is 36.5 Å². The van der Waals surface area contributed by atoms with Gasteiger partial charge in [-0.1, -0.05) is 105 Å². The van der Waals surface area contributed by atoms with Crippen LogP contribution in [0.2, 0.25) is 0 Å². The second-order valence-corrected chi connectivity index (χ2v) is 14.8. The number of rotatable bonds is 23. The third-order valence-electron chi connectivity index (χ3n) is 9.33.